The maximum atomic E-state index is 13.3. The van der Waals surface area contributed by atoms with E-state index in [4.69, 9.17) is 9.72 Å². The maximum absolute atomic E-state index is 13.3. The van der Waals surface area contributed by atoms with E-state index in [9.17, 15) is 18.0 Å². The minimum Gasteiger partial charge on any atom is -0.494 e. The number of aryl methyl sites for hydroxylation is 1. The number of carbonyl (C=O) groups is 1. The van der Waals surface area contributed by atoms with Gasteiger partial charge in [0.15, 0.2) is 5.65 Å². The number of alkyl halides is 3. The van der Waals surface area contributed by atoms with Gasteiger partial charge in [-0.15, -0.1) is 0 Å². The summed E-state index contributed by atoms with van der Waals surface area (Å²) in [6.45, 7) is 4.07. The number of rotatable bonds is 4. The number of aromatic nitrogens is 4. The summed E-state index contributed by atoms with van der Waals surface area (Å²) in [5.41, 5.74) is 3.75. The molecule has 206 valence electrons. The molecular weight excluding hydrogens is 497 g/mol. The van der Waals surface area contributed by atoms with Crippen molar-refractivity contribution in [3.05, 3.63) is 42.2 Å². The average Bonchev–Trinajstić information content (AvgIpc) is 3.37. The van der Waals surface area contributed by atoms with Gasteiger partial charge in [0.25, 0.3) is 0 Å². The number of imidazole rings is 1. The Balaban J connectivity index is 1.72. The number of nitrogens with one attached hydrogen (secondary N) is 1. The van der Waals surface area contributed by atoms with E-state index in [1.165, 1.54) is 0 Å². The smallest absolute Gasteiger partial charge is 0.389 e. The van der Waals surface area contributed by atoms with Crippen molar-refractivity contribution < 1.29 is 22.7 Å². The molecule has 4 rings (SSSR count). The first-order chi connectivity index (χ1) is 18.2. The molecule has 0 unspecified atom stereocenters. The number of hydrogen-bond acceptors (Lipinski definition) is 5. The summed E-state index contributed by atoms with van der Waals surface area (Å²) >= 11 is 0. The quantitative estimate of drug-likeness (QED) is 0.438. The second-order valence-electron chi connectivity index (χ2n) is 9.76. The number of urea groups is 1. The number of carbonyl (C=O) groups excluding carboxylic acids is 1. The molecule has 0 aromatic carbocycles. The number of amides is 2. The molecule has 0 saturated heterocycles. The van der Waals surface area contributed by atoms with Crippen molar-refractivity contribution in [3.8, 4) is 17.0 Å². The molecule has 38 heavy (non-hydrogen) atoms. The van der Waals surface area contributed by atoms with Gasteiger partial charge in [-0.25, -0.2) is 14.8 Å². The van der Waals surface area contributed by atoms with E-state index in [1.807, 2.05) is 36.7 Å². The van der Waals surface area contributed by atoms with Gasteiger partial charge < -0.3 is 19.4 Å². The summed E-state index contributed by atoms with van der Waals surface area (Å²) in [4.78, 5) is 28.9. The van der Waals surface area contributed by atoms with Gasteiger partial charge in [-0.2, -0.15) is 13.2 Å². The second kappa shape index (κ2) is 12.0. The van der Waals surface area contributed by atoms with Gasteiger partial charge in [-0.1, -0.05) is 19.3 Å². The Bertz CT molecular complexity index is 1250. The third-order valence-corrected chi connectivity index (χ3v) is 7.15. The zero-order chi connectivity index (χ0) is 27.3. The van der Waals surface area contributed by atoms with Gasteiger partial charge in [0.1, 0.15) is 5.75 Å². The van der Waals surface area contributed by atoms with Crippen molar-refractivity contribution in [2.45, 2.75) is 83.5 Å². The van der Waals surface area contributed by atoms with E-state index in [-0.39, 0.29) is 6.42 Å². The van der Waals surface area contributed by atoms with Crippen LogP contribution in [0.5, 0.6) is 5.75 Å². The molecule has 8 nitrogen and oxygen atoms in total. The van der Waals surface area contributed by atoms with Crippen molar-refractivity contribution in [1.82, 2.24) is 29.6 Å². The molecule has 1 aliphatic rings. The lowest BCUT2D eigenvalue weighted by Crippen LogP contribution is -2.46. The van der Waals surface area contributed by atoms with Crippen LogP contribution in [0.3, 0.4) is 0 Å². The van der Waals surface area contributed by atoms with Gasteiger partial charge in [-0.05, 0) is 45.6 Å². The van der Waals surface area contributed by atoms with E-state index in [0.717, 1.165) is 49.0 Å². The van der Waals surface area contributed by atoms with Crippen LogP contribution in [0.2, 0.25) is 0 Å². The third-order valence-electron chi connectivity index (χ3n) is 7.15. The van der Waals surface area contributed by atoms with Crippen molar-refractivity contribution in [2.24, 2.45) is 0 Å². The van der Waals surface area contributed by atoms with Crippen LogP contribution in [0.4, 0.5) is 18.0 Å². The Labute approximate surface area is 220 Å². The predicted molar refractivity (Wildman–Crippen MR) is 138 cm³/mol. The van der Waals surface area contributed by atoms with Crippen LogP contribution in [0.25, 0.3) is 16.9 Å². The minimum atomic E-state index is -4.27. The summed E-state index contributed by atoms with van der Waals surface area (Å²) in [5.74, 6) is 0.552. The number of fused-ring (bicyclic) bond motifs is 7. The molecule has 2 atom stereocenters. The average molecular weight is 533 g/mol. The molecule has 4 heterocycles. The zero-order valence-electron chi connectivity index (χ0n) is 22.1. The van der Waals surface area contributed by atoms with Crippen LogP contribution in [-0.4, -0.2) is 56.2 Å². The fraction of sp³-hybridized carbons (Fsp3) is 0.556. The van der Waals surface area contributed by atoms with Gasteiger partial charge >= 0.3 is 12.2 Å². The summed E-state index contributed by atoms with van der Waals surface area (Å²) < 4.78 is 46.5. The molecule has 3 aromatic rings. The maximum Gasteiger partial charge on any atom is 0.389 e. The van der Waals surface area contributed by atoms with Gasteiger partial charge in [0.2, 0.25) is 0 Å². The molecule has 11 heteroatoms. The molecule has 0 aliphatic carbocycles. The standard InChI is InChI=1S/C27H35F3N6O2/c1-4-36-18(2)22-15-20(24(38-3)16-32-22)23-17-35-14-13-31-25(35)21(34-23)10-8-6-5-7-9-19(33-26(36)37)11-12-27(28,29)30/h13-19H,4-12H2,1-3H3,(H,33,37)/t18-,19-/m1/s1. The van der Waals surface area contributed by atoms with E-state index < -0.39 is 30.7 Å². The Morgan fingerprint density at radius 3 is 2.71 bits per heavy atom. The van der Waals surface area contributed by atoms with Crippen molar-refractivity contribution >= 4 is 11.7 Å². The highest BCUT2D eigenvalue weighted by Gasteiger charge is 2.30. The molecule has 1 aliphatic heterocycles. The van der Waals surface area contributed by atoms with Gasteiger partial charge in [-0.3, -0.25) is 4.98 Å². The van der Waals surface area contributed by atoms with Crippen LogP contribution >= 0.6 is 0 Å². The number of nitrogens with zero attached hydrogens (tertiary/aromatic N) is 5. The summed E-state index contributed by atoms with van der Waals surface area (Å²) in [7, 11) is 1.57. The predicted octanol–water partition coefficient (Wildman–Crippen LogP) is 6.11. The molecule has 0 saturated carbocycles. The van der Waals surface area contributed by atoms with Crippen LogP contribution in [0.1, 0.15) is 76.2 Å². The number of halogens is 3. The van der Waals surface area contributed by atoms with Crippen LogP contribution in [0, 0.1) is 0 Å². The molecule has 2 amide bonds. The first-order valence-electron chi connectivity index (χ1n) is 13.2. The summed E-state index contributed by atoms with van der Waals surface area (Å²) in [6, 6.07) is 0.491. The molecule has 4 bridgehead atoms. The van der Waals surface area contributed by atoms with Crippen LogP contribution in [0.15, 0.2) is 30.9 Å². The number of pyridine rings is 1. The van der Waals surface area contributed by atoms with Crippen LogP contribution < -0.4 is 10.1 Å². The lowest BCUT2D eigenvalue weighted by atomic mass is 10.0. The fourth-order valence-corrected chi connectivity index (χ4v) is 5.02. The van der Waals surface area contributed by atoms with Crippen LogP contribution in [-0.2, 0) is 6.42 Å². The summed E-state index contributed by atoms with van der Waals surface area (Å²) in [6.07, 6.45) is 6.40. The first-order valence-corrected chi connectivity index (χ1v) is 13.2. The van der Waals surface area contributed by atoms with E-state index in [0.29, 0.717) is 30.1 Å². The van der Waals surface area contributed by atoms with E-state index in [2.05, 4.69) is 15.3 Å². The fourth-order valence-electron chi connectivity index (χ4n) is 5.02. The van der Waals surface area contributed by atoms with Crippen molar-refractivity contribution in [3.63, 3.8) is 0 Å². The monoisotopic (exact) mass is 532 g/mol. The van der Waals surface area contributed by atoms with Gasteiger partial charge in [0.05, 0.1) is 36.4 Å². The normalized spacial score (nSPS) is 19.7. The Morgan fingerprint density at radius 1 is 1.18 bits per heavy atom. The molecule has 0 fully saturated rings. The summed E-state index contributed by atoms with van der Waals surface area (Å²) in [5, 5.41) is 2.88. The molecular formula is C27H35F3N6O2. The first kappa shape index (κ1) is 27.7. The lowest BCUT2D eigenvalue weighted by Gasteiger charge is -2.30. The third kappa shape index (κ3) is 6.54. The minimum absolute atomic E-state index is 0.139. The van der Waals surface area contributed by atoms with Gasteiger partial charge in [0, 0.05) is 43.2 Å². The molecule has 1 N–H and O–H groups in total. The Hall–Kier alpha value is -3.37. The highest BCUT2D eigenvalue weighted by Crippen LogP contribution is 2.33. The number of hydrogen-bond donors (Lipinski definition) is 1. The van der Waals surface area contributed by atoms with Crippen molar-refractivity contribution in [1.29, 1.82) is 0 Å². The number of ether oxygens (including phenoxy) is 1. The lowest BCUT2D eigenvalue weighted by molar-refractivity contribution is -0.136. The molecule has 0 radical (unpaired) electrons. The van der Waals surface area contributed by atoms with Crippen molar-refractivity contribution in [2.75, 3.05) is 13.7 Å². The van der Waals surface area contributed by atoms with E-state index >= 15 is 0 Å². The SMILES string of the molecule is CCN1C(=O)N[C@@H](CCC(F)(F)F)CCCCCCc2nc(cn3ccnc23)-c2cc(ncc2OC)[C@H]1C. The Morgan fingerprint density at radius 2 is 1.97 bits per heavy atom. The Kier molecular flexibility index (Phi) is 8.73. The molecule has 3 aromatic heterocycles. The zero-order valence-corrected chi connectivity index (χ0v) is 22.1. The highest BCUT2D eigenvalue weighted by atomic mass is 19.4. The molecule has 0 spiro atoms. The second-order valence-corrected chi connectivity index (χ2v) is 9.76. The highest BCUT2D eigenvalue weighted by molar-refractivity contribution is 5.75. The number of methoxy groups -OCH3 is 1. The van der Waals surface area contributed by atoms with E-state index in [1.54, 1.807) is 24.4 Å². The largest absolute Gasteiger partial charge is 0.494 e. The topological polar surface area (TPSA) is 84.7 Å².